The number of carboxylic acid groups (broad SMARTS) is 1. The molecule has 7 N–H and O–H groups in total. The molecule has 0 bridgehead atoms. The molecule has 1 saturated carbocycles. The first-order valence-electron chi connectivity index (χ1n) is 17.5. The number of phenolic OH excluding ortho intramolecular Hbond substituents is 6. The minimum Gasteiger partial charge on any atom is -0.508 e. The van der Waals surface area contributed by atoms with Gasteiger partial charge in [-0.3, -0.25) is 0 Å². The maximum absolute atomic E-state index is 13.4. The van der Waals surface area contributed by atoms with E-state index in [1.54, 1.807) is 0 Å². The molecule has 0 spiro atoms. The van der Waals surface area contributed by atoms with Crippen LogP contribution in [0.5, 0.6) is 34.5 Å². The van der Waals surface area contributed by atoms with E-state index in [1.165, 1.54) is 91.0 Å². The van der Waals surface area contributed by atoms with E-state index in [1.807, 2.05) is 0 Å². The molecule has 0 aliphatic heterocycles. The lowest BCUT2D eigenvalue weighted by Gasteiger charge is -2.45. The van der Waals surface area contributed by atoms with Crippen molar-refractivity contribution in [2.24, 2.45) is 0 Å². The molecule has 1 aliphatic carbocycles. The molecule has 16 nitrogen and oxygen atoms in total. The summed E-state index contributed by atoms with van der Waals surface area (Å²) in [5.74, 6) is -8.45. The van der Waals surface area contributed by atoms with Crippen LogP contribution in [0.4, 0.5) is 0 Å². The molecule has 1 aliphatic rings. The number of benzene rings is 4. The Labute approximate surface area is 335 Å². The lowest BCUT2D eigenvalue weighted by atomic mass is 9.78. The van der Waals surface area contributed by atoms with Gasteiger partial charge < -0.3 is 54.7 Å². The fourth-order valence-corrected chi connectivity index (χ4v) is 5.79. The molecule has 0 heterocycles. The third-order valence-electron chi connectivity index (χ3n) is 8.76. The number of phenols is 6. The first-order valence-corrected chi connectivity index (χ1v) is 17.5. The maximum Gasteiger partial charge on any atom is 0.352 e. The summed E-state index contributed by atoms with van der Waals surface area (Å²) in [6.45, 7) is 0. The summed E-state index contributed by atoms with van der Waals surface area (Å²) in [6.07, 6.45) is 1.67. The number of aromatic hydroxyl groups is 6. The molecule has 304 valence electrons. The van der Waals surface area contributed by atoms with Crippen LogP contribution in [0.15, 0.2) is 109 Å². The largest absolute Gasteiger partial charge is 0.508 e. The van der Waals surface area contributed by atoms with E-state index in [4.69, 9.17) is 18.9 Å². The summed E-state index contributed by atoms with van der Waals surface area (Å²) in [5.41, 5.74) is -1.46. The standard InChI is InChI=1S/C43H36O16/c44-29-11-1-25(2-12-29)7-17-38(52)58-41-40(57-37(51)19-10-28-6-16-32(47)34(49)24-28)35(56-36(50)18-9-27-5-15-31(46)33(48)23-27)21-22-43(41,42(54)55)59-39(53)20-8-26-3-13-30(45)14-4-26/h1-20,23-24,35,40-41,44-49H,21-22H2,(H,54,55). The highest BCUT2D eigenvalue weighted by Gasteiger charge is 2.62. The van der Waals surface area contributed by atoms with Crippen LogP contribution in [0.3, 0.4) is 0 Å². The highest BCUT2D eigenvalue weighted by Crippen LogP contribution is 2.39. The second-order valence-electron chi connectivity index (χ2n) is 12.9. The van der Waals surface area contributed by atoms with Gasteiger partial charge in [-0.25, -0.2) is 24.0 Å². The quantitative estimate of drug-likeness (QED) is 0.0407. The van der Waals surface area contributed by atoms with Gasteiger partial charge in [0.2, 0.25) is 5.60 Å². The molecule has 59 heavy (non-hydrogen) atoms. The van der Waals surface area contributed by atoms with Crippen LogP contribution < -0.4 is 0 Å². The van der Waals surface area contributed by atoms with E-state index >= 15 is 0 Å². The number of carbonyl (C=O) groups is 5. The van der Waals surface area contributed by atoms with Crippen LogP contribution in [-0.4, -0.2) is 89.5 Å². The van der Waals surface area contributed by atoms with Crippen molar-refractivity contribution in [1.82, 2.24) is 0 Å². The van der Waals surface area contributed by atoms with Crippen LogP contribution in [0, 0.1) is 0 Å². The minimum absolute atomic E-state index is 0.0528. The number of ether oxygens (including phenoxy) is 4. The Morgan fingerprint density at radius 1 is 0.508 bits per heavy atom. The Balaban J connectivity index is 1.52. The monoisotopic (exact) mass is 808 g/mol. The van der Waals surface area contributed by atoms with E-state index in [0.29, 0.717) is 11.1 Å². The smallest absolute Gasteiger partial charge is 0.352 e. The Hall–Kier alpha value is -8.01. The number of esters is 4. The Morgan fingerprint density at radius 2 is 0.915 bits per heavy atom. The molecule has 4 atom stereocenters. The van der Waals surface area contributed by atoms with Crippen molar-refractivity contribution in [3.05, 3.63) is 131 Å². The zero-order chi connectivity index (χ0) is 42.7. The average molecular weight is 809 g/mol. The van der Waals surface area contributed by atoms with E-state index < -0.39 is 89.6 Å². The fourth-order valence-electron chi connectivity index (χ4n) is 5.79. The average Bonchev–Trinajstić information content (AvgIpc) is 3.20. The molecule has 0 aromatic heterocycles. The third-order valence-corrected chi connectivity index (χ3v) is 8.76. The molecule has 5 rings (SSSR count). The van der Waals surface area contributed by atoms with Gasteiger partial charge in [0, 0.05) is 30.7 Å². The molecule has 1 fully saturated rings. The third kappa shape index (κ3) is 11.3. The SMILES string of the molecule is O=C(C=Cc1ccc(O)c(O)c1)OC1CCC(OC(=O)C=Cc2ccc(O)cc2)(C(=O)O)C(OC(=O)C=Cc2ccc(O)cc2)C1OC(=O)C=Cc1ccc(O)c(O)c1. The van der Waals surface area contributed by atoms with Crippen molar-refractivity contribution in [3.63, 3.8) is 0 Å². The number of hydrogen-bond donors (Lipinski definition) is 7. The molecular formula is C43H36O16. The van der Waals surface area contributed by atoms with Crippen LogP contribution in [0.1, 0.15) is 35.1 Å². The fraction of sp³-hybridized carbons (Fsp3) is 0.140. The first kappa shape index (κ1) is 42.1. The summed E-state index contributed by atoms with van der Waals surface area (Å²) in [6, 6.07) is 18.5. The van der Waals surface area contributed by atoms with Crippen LogP contribution in [-0.2, 0) is 42.9 Å². The predicted octanol–water partition coefficient (Wildman–Crippen LogP) is 4.97. The summed E-state index contributed by atoms with van der Waals surface area (Å²) in [4.78, 5) is 66.6. The summed E-state index contributed by atoms with van der Waals surface area (Å²) >= 11 is 0. The molecule has 0 saturated heterocycles. The van der Waals surface area contributed by atoms with E-state index in [-0.39, 0.29) is 22.6 Å². The van der Waals surface area contributed by atoms with Crippen LogP contribution >= 0.6 is 0 Å². The topological polar surface area (TPSA) is 264 Å². The number of rotatable bonds is 13. The molecule has 4 aromatic rings. The van der Waals surface area contributed by atoms with Crippen molar-refractivity contribution in [1.29, 1.82) is 0 Å². The first-order chi connectivity index (χ1) is 28.1. The Bertz CT molecular complexity index is 2320. The van der Waals surface area contributed by atoms with Crippen molar-refractivity contribution in [3.8, 4) is 34.5 Å². The van der Waals surface area contributed by atoms with Gasteiger partial charge in [0.1, 0.15) is 17.6 Å². The molecule has 0 radical (unpaired) electrons. The lowest BCUT2D eigenvalue weighted by molar-refractivity contribution is -0.234. The van der Waals surface area contributed by atoms with Gasteiger partial charge in [0.25, 0.3) is 0 Å². The molecule has 4 aromatic carbocycles. The number of hydrogen-bond acceptors (Lipinski definition) is 15. The summed E-state index contributed by atoms with van der Waals surface area (Å²) in [5, 5.41) is 68.9. The Kier molecular flexibility index (Phi) is 13.4. The van der Waals surface area contributed by atoms with Gasteiger partial charge in [-0.1, -0.05) is 36.4 Å². The minimum atomic E-state index is -2.77. The second-order valence-corrected chi connectivity index (χ2v) is 12.9. The highest BCUT2D eigenvalue weighted by molar-refractivity contribution is 5.93. The van der Waals surface area contributed by atoms with Gasteiger partial charge in [0.05, 0.1) is 0 Å². The number of carboxylic acids is 1. The van der Waals surface area contributed by atoms with Crippen molar-refractivity contribution in [2.45, 2.75) is 36.8 Å². The molecule has 0 amide bonds. The maximum atomic E-state index is 13.4. The molecule has 4 unspecified atom stereocenters. The van der Waals surface area contributed by atoms with Gasteiger partial charge >= 0.3 is 29.8 Å². The van der Waals surface area contributed by atoms with Gasteiger partial charge in [-0.15, -0.1) is 0 Å². The van der Waals surface area contributed by atoms with Gasteiger partial charge in [-0.05, 0) is 102 Å². The van der Waals surface area contributed by atoms with Crippen molar-refractivity contribution < 1.29 is 78.7 Å². The Morgan fingerprint density at radius 3 is 1.37 bits per heavy atom. The number of aliphatic carboxylic acids is 1. The highest BCUT2D eigenvalue weighted by atomic mass is 16.6. The normalized spacial score (nSPS) is 19.2. The zero-order valence-electron chi connectivity index (χ0n) is 30.7. The lowest BCUT2D eigenvalue weighted by Crippen LogP contribution is -2.65. The molecular weight excluding hydrogens is 772 g/mol. The summed E-state index contributed by atoms with van der Waals surface area (Å²) < 4.78 is 22.5. The van der Waals surface area contributed by atoms with Crippen molar-refractivity contribution in [2.75, 3.05) is 0 Å². The van der Waals surface area contributed by atoms with E-state index in [9.17, 15) is 59.7 Å². The van der Waals surface area contributed by atoms with Gasteiger partial charge in [0.15, 0.2) is 35.2 Å². The van der Waals surface area contributed by atoms with Crippen molar-refractivity contribution >= 4 is 54.2 Å². The number of carbonyl (C=O) groups excluding carboxylic acids is 4. The zero-order valence-corrected chi connectivity index (χ0v) is 30.7. The van der Waals surface area contributed by atoms with Crippen LogP contribution in [0.25, 0.3) is 24.3 Å². The summed E-state index contributed by atoms with van der Waals surface area (Å²) in [7, 11) is 0. The van der Waals surface area contributed by atoms with Crippen LogP contribution in [0.2, 0.25) is 0 Å². The molecule has 16 heteroatoms. The van der Waals surface area contributed by atoms with Gasteiger partial charge in [-0.2, -0.15) is 0 Å². The van der Waals surface area contributed by atoms with E-state index in [2.05, 4.69) is 0 Å². The second kappa shape index (κ2) is 18.8. The van der Waals surface area contributed by atoms with E-state index in [0.717, 1.165) is 42.5 Å². The predicted molar refractivity (Wildman–Crippen MR) is 207 cm³/mol.